The molecule has 0 radical (unpaired) electrons. The summed E-state index contributed by atoms with van der Waals surface area (Å²) in [5, 5.41) is 8.61. The Hall–Kier alpha value is -2.33. The topological polar surface area (TPSA) is 49.8 Å². The minimum atomic E-state index is -0.962. The third kappa shape index (κ3) is 4.59. The highest BCUT2D eigenvalue weighted by Crippen LogP contribution is 2.47. The minimum Gasteiger partial charge on any atom is -0.482 e. The number of carbonyl (C=O) groups is 1. The molecule has 2 aromatic carbocycles. The van der Waals surface area contributed by atoms with Gasteiger partial charge in [-0.1, -0.05) is 42.5 Å². The number of benzene rings is 2. The van der Waals surface area contributed by atoms with Crippen molar-refractivity contribution in [2.24, 2.45) is 5.92 Å². The summed E-state index contributed by atoms with van der Waals surface area (Å²) in [4.78, 5) is 12.8. The molecular weight excluding hydrogens is 302 g/mol. The van der Waals surface area contributed by atoms with E-state index in [1.165, 1.54) is 17.5 Å². The third-order valence-electron chi connectivity index (χ3n) is 4.43. The van der Waals surface area contributed by atoms with Gasteiger partial charge in [0.15, 0.2) is 6.61 Å². The van der Waals surface area contributed by atoms with Gasteiger partial charge in [-0.15, -0.1) is 0 Å². The first-order chi connectivity index (χ1) is 11.6. The maximum Gasteiger partial charge on any atom is 0.341 e. The molecule has 0 amide bonds. The maximum absolute atomic E-state index is 10.5. The van der Waals surface area contributed by atoms with Crippen LogP contribution in [0.25, 0.3) is 0 Å². The quantitative estimate of drug-likeness (QED) is 0.808. The lowest BCUT2D eigenvalue weighted by Gasteiger charge is -2.17. The van der Waals surface area contributed by atoms with Gasteiger partial charge in [-0.25, -0.2) is 4.79 Å². The van der Waals surface area contributed by atoms with E-state index in [9.17, 15) is 4.79 Å². The molecule has 0 aromatic heterocycles. The summed E-state index contributed by atoms with van der Waals surface area (Å²) in [5.74, 6) is 1.09. The Bertz CT molecular complexity index is 669. The molecule has 4 nitrogen and oxygen atoms in total. The van der Waals surface area contributed by atoms with Crippen LogP contribution in [-0.4, -0.2) is 36.2 Å². The van der Waals surface area contributed by atoms with Crippen molar-refractivity contribution in [3.8, 4) is 5.75 Å². The van der Waals surface area contributed by atoms with Crippen molar-refractivity contribution in [3.05, 3.63) is 65.7 Å². The van der Waals surface area contributed by atoms with E-state index in [4.69, 9.17) is 9.84 Å². The molecule has 0 aliphatic heterocycles. The second kappa shape index (κ2) is 7.49. The highest BCUT2D eigenvalue weighted by atomic mass is 16.5. The zero-order valence-electron chi connectivity index (χ0n) is 13.9. The van der Waals surface area contributed by atoms with Gasteiger partial charge < -0.3 is 14.7 Å². The molecule has 2 aromatic rings. The van der Waals surface area contributed by atoms with Crippen molar-refractivity contribution in [3.63, 3.8) is 0 Å². The second-order valence-corrected chi connectivity index (χ2v) is 6.54. The first-order valence-electron chi connectivity index (χ1n) is 8.29. The largest absolute Gasteiger partial charge is 0.482 e. The van der Waals surface area contributed by atoms with E-state index in [0.29, 0.717) is 11.7 Å². The third-order valence-corrected chi connectivity index (χ3v) is 4.43. The van der Waals surface area contributed by atoms with Gasteiger partial charge in [0.05, 0.1) is 0 Å². The van der Waals surface area contributed by atoms with Crippen molar-refractivity contribution in [2.45, 2.75) is 18.9 Å². The van der Waals surface area contributed by atoms with Crippen LogP contribution in [-0.2, 0) is 11.3 Å². The first kappa shape index (κ1) is 16.5. The van der Waals surface area contributed by atoms with Crippen LogP contribution in [0, 0.1) is 5.92 Å². The maximum atomic E-state index is 10.5. The van der Waals surface area contributed by atoms with E-state index in [1.54, 1.807) is 0 Å². The highest BCUT2D eigenvalue weighted by Gasteiger charge is 2.38. The lowest BCUT2D eigenvalue weighted by atomic mass is 10.1. The van der Waals surface area contributed by atoms with E-state index < -0.39 is 5.97 Å². The molecule has 0 spiro atoms. The van der Waals surface area contributed by atoms with Gasteiger partial charge in [-0.3, -0.25) is 0 Å². The van der Waals surface area contributed by atoms with Gasteiger partial charge in [0.2, 0.25) is 0 Å². The highest BCUT2D eigenvalue weighted by molar-refractivity contribution is 5.68. The second-order valence-electron chi connectivity index (χ2n) is 6.54. The Morgan fingerprint density at radius 1 is 1.17 bits per heavy atom. The van der Waals surface area contributed by atoms with Crippen LogP contribution in [0.2, 0.25) is 0 Å². The number of hydrogen-bond donors (Lipinski definition) is 1. The summed E-state index contributed by atoms with van der Waals surface area (Å²) in [7, 11) is 2.15. The number of rotatable bonds is 8. The first-order valence-corrected chi connectivity index (χ1v) is 8.29. The normalized spacial score (nSPS) is 19.2. The van der Waals surface area contributed by atoms with Gasteiger partial charge >= 0.3 is 5.97 Å². The predicted octanol–water partition coefficient (Wildman–Crippen LogP) is 3.39. The van der Waals surface area contributed by atoms with Crippen molar-refractivity contribution < 1.29 is 14.6 Å². The van der Waals surface area contributed by atoms with Crippen molar-refractivity contribution >= 4 is 5.97 Å². The van der Waals surface area contributed by atoms with Gasteiger partial charge in [0.1, 0.15) is 5.75 Å². The molecule has 1 saturated carbocycles. The molecule has 1 N–H and O–H groups in total. The summed E-state index contributed by atoms with van der Waals surface area (Å²) in [6.07, 6.45) is 1.27. The van der Waals surface area contributed by atoms with Crippen LogP contribution < -0.4 is 4.74 Å². The molecule has 0 saturated heterocycles. The predicted molar refractivity (Wildman–Crippen MR) is 93.2 cm³/mol. The number of carboxylic acid groups (broad SMARTS) is 1. The molecule has 2 atom stereocenters. The van der Waals surface area contributed by atoms with Gasteiger partial charge in [-0.2, -0.15) is 0 Å². The fraction of sp³-hybridized carbons (Fsp3) is 0.350. The zero-order chi connectivity index (χ0) is 16.9. The standard InChI is InChI=1S/C20H23NO3/c1-21(13-17-11-19(17)16-5-3-2-4-6-16)12-15-7-9-18(10-8-15)24-14-20(22)23/h2-10,17,19H,11-14H2,1H3,(H,22,23)/t17-,19-/m0/s1. The van der Waals surface area contributed by atoms with Gasteiger partial charge in [0, 0.05) is 13.1 Å². The molecular formula is C20H23NO3. The Morgan fingerprint density at radius 3 is 2.54 bits per heavy atom. The fourth-order valence-corrected chi connectivity index (χ4v) is 3.17. The van der Waals surface area contributed by atoms with Crippen LogP contribution in [0.3, 0.4) is 0 Å². The Morgan fingerprint density at radius 2 is 1.88 bits per heavy atom. The summed E-state index contributed by atoms with van der Waals surface area (Å²) >= 11 is 0. The van der Waals surface area contributed by atoms with Crippen molar-refractivity contribution in [1.29, 1.82) is 0 Å². The number of nitrogens with zero attached hydrogens (tertiary/aromatic N) is 1. The number of hydrogen-bond acceptors (Lipinski definition) is 3. The average molecular weight is 325 g/mol. The van der Waals surface area contributed by atoms with Gasteiger partial charge in [0.25, 0.3) is 0 Å². The van der Waals surface area contributed by atoms with Crippen molar-refractivity contribution in [2.75, 3.05) is 20.2 Å². The average Bonchev–Trinajstić information content (AvgIpc) is 3.34. The summed E-state index contributed by atoms with van der Waals surface area (Å²) < 4.78 is 5.15. The Kier molecular flexibility index (Phi) is 5.16. The van der Waals surface area contributed by atoms with Crippen LogP contribution in [0.15, 0.2) is 54.6 Å². The molecule has 0 bridgehead atoms. The van der Waals surface area contributed by atoms with E-state index in [-0.39, 0.29) is 6.61 Å². The van der Waals surface area contributed by atoms with Crippen molar-refractivity contribution in [1.82, 2.24) is 4.90 Å². The lowest BCUT2D eigenvalue weighted by Crippen LogP contribution is -2.20. The number of aliphatic carboxylic acids is 1. The summed E-state index contributed by atoms with van der Waals surface area (Å²) in [6, 6.07) is 18.4. The molecule has 0 unspecified atom stereocenters. The summed E-state index contributed by atoms with van der Waals surface area (Å²) in [6.45, 7) is 1.68. The summed E-state index contributed by atoms with van der Waals surface area (Å²) in [5.41, 5.74) is 2.66. The molecule has 1 fully saturated rings. The SMILES string of the molecule is CN(Cc1ccc(OCC(=O)O)cc1)C[C@@H]1C[C@H]1c1ccccc1. The fourth-order valence-electron chi connectivity index (χ4n) is 3.17. The smallest absolute Gasteiger partial charge is 0.341 e. The number of ether oxygens (including phenoxy) is 1. The minimum absolute atomic E-state index is 0.304. The molecule has 126 valence electrons. The van der Waals surface area contributed by atoms with E-state index in [0.717, 1.165) is 19.0 Å². The molecule has 0 heterocycles. The molecule has 3 rings (SSSR count). The molecule has 24 heavy (non-hydrogen) atoms. The Labute approximate surface area is 142 Å². The Balaban J connectivity index is 1.45. The van der Waals surface area contributed by atoms with Crippen LogP contribution >= 0.6 is 0 Å². The van der Waals surface area contributed by atoms with E-state index in [1.807, 2.05) is 24.3 Å². The molecule has 4 heteroatoms. The van der Waals surface area contributed by atoms with Crippen LogP contribution in [0.4, 0.5) is 0 Å². The van der Waals surface area contributed by atoms with Crippen LogP contribution in [0.5, 0.6) is 5.75 Å². The van der Waals surface area contributed by atoms with E-state index in [2.05, 4.69) is 42.3 Å². The lowest BCUT2D eigenvalue weighted by molar-refractivity contribution is -0.139. The van der Waals surface area contributed by atoms with E-state index >= 15 is 0 Å². The zero-order valence-corrected chi connectivity index (χ0v) is 13.9. The van der Waals surface area contributed by atoms with Crippen LogP contribution in [0.1, 0.15) is 23.5 Å². The molecule has 1 aliphatic rings. The van der Waals surface area contributed by atoms with Gasteiger partial charge in [-0.05, 0) is 48.6 Å². The monoisotopic (exact) mass is 325 g/mol. The molecule has 1 aliphatic carbocycles. The number of carboxylic acids is 1.